The Bertz CT molecular complexity index is 769. The maximum Gasteiger partial charge on any atom is 0.236 e. The summed E-state index contributed by atoms with van der Waals surface area (Å²) in [5.74, 6) is 0.619. The molecule has 1 unspecified atom stereocenters. The molecule has 0 saturated carbocycles. The second-order valence-electron chi connectivity index (χ2n) is 6.90. The smallest absolute Gasteiger partial charge is 0.236 e. The highest BCUT2D eigenvalue weighted by Crippen LogP contribution is 2.29. The number of hydrogen-bond donors (Lipinski definition) is 2. The van der Waals surface area contributed by atoms with Crippen LogP contribution in [0.25, 0.3) is 0 Å². The number of rotatable bonds is 9. The van der Waals surface area contributed by atoms with Gasteiger partial charge in [-0.3, -0.25) is 9.30 Å². The summed E-state index contributed by atoms with van der Waals surface area (Å²) in [5, 5.41) is 6.26. The van der Waals surface area contributed by atoms with Gasteiger partial charge in [-0.15, -0.1) is 24.0 Å². The molecule has 1 saturated heterocycles. The molecule has 8 nitrogen and oxygen atoms in total. The third kappa shape index (κ3) is 6.97. The van der Waals surface area contributed by atoms with Gasteiger partial charge in [0.1, 0.15) is 0 Å². The summed E-state index contributed by atoms with van der Waals surface area (Å²) in [4.78, 5) is 4.14. The van der Waals surface area contributed by atoms with Crippen molar-refractivity contribution < 1.29 is 17.9 Å². The van der Waals surface area contributed by atoms with E-state index in [1.54, 1.807) is 7.05 Å². The van der Waals surface area contributed by atoms with Crippen molar-refractivity contribution in [3.63, 3.8) is 0 Å². The number of sulfonamides is 1. The number of fused-ring (bicyclic) bond motifs is 1. The molecule has 2 N–H and O–H groups in total. The number of benzene rings is 1. The molecule has 0 radical (unpaired) electrons. The third-order valence-electron chi connectivity index (χ3n) is 4.91. The zero-order valence-corrected chi connectivity index (χ0v) is 19.9. The molecule has 29 heavy (non-hydrogen) atoms. The number of guanidine groups is 1. The van der Waals surface area contributed by atoms with Crippen LogP contribution in [0, 0.1) is 0 Å². The van der Waals surface area contributed by atoms with E-state index in [0.29, 0.717) is 38.8 Å². The molecule has 0 aromatic heterocycles. The summed E-state index contributed by atoms with van der Waals surface area (Å²) < 4.78 is 37.9. The molecule has 3 rings (SSSR count). The Kier molecular flexibility index (Phi) is 9.93. The van der Waals surface area contributed by atoms with Gasteiger partial charge in [0.15, 0.2) is 5.96 Å². The topological polar surface area (TPSA) is 92.3 Å². The monoisotopic (exact) mass is 538 g/mol. The van der Waals surface area contributed by atoms with Gasteiger partial charge in [0.2, 0.25) is 10.0 Å². The lowest BCUT2D eigenvalue weighted by Crippen LogP contribution is -2.42. The van der Waals surface area contributed by atoms with Gasteiger partial charge in [-0.1, -0.05) is 18.2 Å². The van der Waals surface area contributed by atoms with Crippen LogP contribution < -0.4 is 14.9 Å². The second kappa shape index (κ2) is 11.9. The zero-order valence-electron chi connectivity index (χ0n) is 16.8. The first-order valence-corrected chi connectivity index (χ1v) is 11.4. The van der Waals surface area contributed by atoms with Gasteiger partial charge in [0.05, 0.1) is 24.2 Å². The average Bonchev–Trinajstić information content (AvgIpc) is 3.36. The van der Waals surface area contributed by atoms with E-state index in [2.05, 4.69) is 15.6 Å². The van der Waals surface area contributed by atoms with Crippen LogP contribution in [0.15, 0.2) is 29.3 Å². The van der Waals surface area contributed by atoms with Gasteiger partial charge in [-0.2, -0.15) is 0 Å². The lowest BCUT2D eigenvalue weighted by atomic mass is 10.2. The molecule has 0 amide bonds. The van der Waals surface area contributed by atoms with Gasteiger partial charge < -0.3 is 20.1 Å². The van der Waals surface area contributed by atoms with Crippen LogP contribution >= 0.6 is 24.0 Å². The van der Waals surface area contributed by atoms with Gasteiger partial charge in [-0.25, -0.2) is 8.42 Å². The van der Waals surface area contributed by atoms with Crippen molar-refractivity contribution in [1.82, 2.24) is 10.6 Å². The zero-order chi connectivity index (χ0) is 19.8. The Morgan fingerprint density at radius 3 is 2.86 bits per heavy atom. The van der Waals surface area contributed by atoms with Crippen molar-refractivity contribution in [3.8, 4) is 0 Å². The number of aliphatic imine (C=N–C) groups is 1. The Balaban J connectivity index is 0.00000300. The SMILES string of the molecule is CN=C(NCCCOC1CCOC1)NCCS(=O)(=O)N1CCc2ccccc21.I. The van der Waals surface area contributed by atoms with Crippen LogP contribution in [0.1, 0.15) is 18.4 Å². The Morgan fingerprint density at radius 1 is 1.31 bits per heavy atom. The van der Waals surface area contributed by atoms with Crippen LogP contribution in [0.4, 0.5) is 5.69 Å². The Hall–Kier alpha value is -1.11. The standard InChI is InChI=1S/C19H30N4O4S.HI/c1-20-19(21-9-4-12-27-17-8-13-26-15-17)22-10-14-28(24,25)23-11-7-16-5-2-3-6-18(16)23;/h2-3,5-6,17H,4,7-15H2,1H3,(H2,20,21,22);1H. The van der Waals surface area contributed by atoms with Crippen molar-refractivity contribution >= 4 is 45.6 Å². The summed E-state index contributed by atoms with van der Waals surface area (Å²) in [5.41, 5.74) is 1.89. The number of halogens is 1. The molecule has 164 valence electrons. The number of nitrogens with zero attached hydrogens (tertiary/aromatic N) is 2. The van der Waals surface area contributed by atoms with Gasteiger partial charge in [0.25, 0.3) is 0 Å². The molecular weight excluding hydrogens is 507 g/mol. The first-order valence-electron chi connectivity index (χ1n) is 9.82. The van der Waals surface area contributed by atoms with Crippen LogP contribution in [-0.2, 0) is 25.9 Å². The maximum absolute atomic E-state index is 12.7. The lowest BCUT2D eigenvalue weighted by molar-refractivity contribution is 0.0420. The lowest BCUT2D eigenvalue weighted by Gasteiger charge is -2.20. The maximum atomic E-state index is 12.7. The summed E-state index contributed by atoms with van der Waals surface area (Å²) in [6.07, 6.45) is 2.80. The Labute approximate surface area is 190 Å². The minimum atomic E-state index is -3.36. The van der Waals surface area contributed by atoms with Crippen molar-refractivity contribution in [2.24, 2.45) is 4.99 Å². The van der Waals surface area contributed by atoms with Gasteiger partial charge in [0, 0.05) is 39.9 Å². The quantitative estimate of drug-likeness (QED) is 0.214. The molecule has 1 aromatic carbocycles. The first kappa shape index (κ1) is 24.2. The molecule has 0 bridgehead atoms. The van der Waals surface area contributed by atoms with Crippen LogP contribution in [0.5, 0.6) is 0 Å². The van der Waals surface area contributed by atoms with E-state index in [9.17, 15) is 8.42 Å². The highest BCUT2D eigenvalue weighted by atomic mass is 127. The summed E-state index contributed by atoms with van der Waals surface area (Å²) >= 11 is 0. The molecule has 2 aliphatic heterocycles. The number of ether oxygens (including phenoxy) is 2. The van der Waals surface area contributed by atoms with Crippen molar-refractivity contribution in [2.75, 3.05) is 56.6 Å². The molecule has 1 atom stereocenters. The van der Waals surface area contributed by atoms with E-state index in [1.807, 2.05) is 24.3 Å². The van der Waals surface area contributed by atoms with E-state index in [-0.39, 0.29) is 35.8 Å². The van der Waals surface area contributed by atoms with E-state index < -0.39 is 10.0 Å². The third-order valence-corrected chi connectivity index (χ3v) is 6.68. The largest absolute Gasteiger partial charge is 0.379 e. The molecular formula is C19H31IN4O4S. The molecule has 1 aromatic rings. The van der Waals surface area contributed by atoms with E-state index in [4.69, 9.17) is 9.47 Å². The van der Waals surface area contributed by atoms with Crippen molar-refractivity contribution in [1.29, 1.82) is 0 Å². The highest BCUT2D eigenvalue weighted by Gasteiger charge is 2.28. The average molecular weight is 538 g/mol. The summed E-state index contributed by atoms with van der Waals surface area (Å²) in [6.45, 7) is 3.66. The minimum absolute atomic E-state index is 0. The molecule has 2 heterocycles. The molecule has 1 fully saturated rings. The van der Waals surface area contributed by atoms with E-state index in [1.165, 1.54) is 4.31 Å². The van der Waals surface area contributed by atoms with E-state index in [0.717, 1.165) is 37.1 Å². The van der Waals surface area contributed by atoms with Crippen LogP contribution in [0.3, 0.4) is 0 Å². The normalized spacial score (nSPS) is 19.0. The van der Waals surface area contributed by atoms with Gasteiger partial charge >= 0.3 is 0 Å². The summed E-state index contributed by atoms with van der Waals surface area (Å²) in [7, 11) is -1.69. The van der Waals surface area contributed by atoms with Crippen molar-refractivity contribution in [3.05, 3.63) is 29.8 Å². The van der Waals surface area contributed by atoms with Crippen LogP contribution in [-0.4, -0.2) is 72.7 Å². The second-order valence-corrected chi connectivity index (χ2v) is 8.92. The summed E-state index contributed by atoms with van der Waals surface area (Å²) in [6, 6.07) is 7.67. The highest BCUT2D eigenvalue weighted by molar-refractivity contribution is 14.0. The molecule has 0 spiro atoms. The predicted octanol–water partition coefficient (Wildman–Crippen LogP) is 1.36. The minimum Gasteiger partial charge on any atom is -0.379 e. The molecule has 10 heteroatoms. The fourth-order valence-corrected chi connectivity index (χ4v) is 4.83. The molecule has 2 aliphatic rings. The van der Waals surface area contributed by atoms with Crippen molar-refractivity contribution in [2.45, 2.75) is 25.4 Å². The Morgan fingerprint density at radius 2 is 2.10 bits per heavy atom. The number of nitrogens with one attached hydrogen (secondary N) is 2. The molecule has 0 aliphatic carbocycles. The predicted molar refractivity (Wildman–Crippen MR) is 126 cm³/mol. The fourth-order valence-electron chi connectivity index (χ4n) is 3.40. The van der Waals surface area contributed by atoms with Crippen LogP contribution in [0.2, 0.25) is 0 Å². The fraction of sp³-hybridized carbons (Fsp3) is 0.632. The number of para-hydroxylation sites is 1. The first-order chi connectivity index (χ1) is 13.6. The van der Waals surface area contributed by atoms with Gasteiger partial charge in [-0.05, 0) is 30.9 Å². The van der Waals surface area contributed by atoms with E-state index >= 15 is 0 Å². The number of anilines is 1. The number of hydrogen-bond acceptors (Lipinski definition) is 5.